The van der Waals surface area contributed by atoms with Crippen molar-refractivity contribution in [2.45, 2.75) is 19.8 Å². The van der Waals surface area contributed by atoms with E-state index in [9.17, 15) is 9.18 Å². The van der Waals surface area contributed by atoms with Crippen LogP contribution in [0.1, 0.15) is 25.3 Å². The molecule has 0 heterocycles. The van der Waals surface area contributed by atoms with Gasteiger partial charge >= 0.3 is 0 Å². The Morgan fingerprint density at radius 3 is 2.50 bits per heavy atom. The van der Waals surface area contributed by atoms with Crippen molar-refractivity contribution >= 4 is 0 Å². The molecule has 0 N–H and O–H groups in total. The van der Waals surface area contributed by atoms with Crippen molar-refractivity contribution in [1.82, 2.24) is 0 Å². The third kappa shape index (κ3) is 2.10. The second-order valence-corrected chi connectivity index (χ2v) is 3.37. The molecule has 0 saturated carbocycles. The Hall–Kier alpha value is -1.38. The molecule has 1 aromatic carbocycles. The van der Waals surface area contributed by atoms with Gasteiger partial charge in [-0.2, -0.15) is 0 Å². The zero-order valence-corrected chi connectivity index (χ0v) is 8.50. The smallest absolute Gasteiger partial charge is 0.223 e. The number of hydrogen-bond acceptors (Lipinski definition) is 2. The molecule has 0 atom stereocenters. The average molecular weight is 196 g/mol. The molecule has 0 bridgehead atoms. The highest BCUT2D eigenvalue weighted by Crippen LogP contribution is 2.13. The van der Waals surface area contributed by atoms with Gasteiger partial charge in [0.1, 0.15) is 5.82 Å². The van der Waals surface area contributed by atoms with E-state index in [-0.39, 0.29) is 17.1 Å². The summed E-state index contributed by atoms with van der Waals surface area (Å²) in [5.74, 6) is -0.356. The lowest BCUT2D eigenvalue weighted by Crippen LogP contribution is -2.09. The molecule has 14 heavy (non-hydrogen) atoms. The van der Waals surface area contributed by atoms with Gasteiger partial charge in [0.15, 0.2) is 5.75 Å². The quantitative estimate of drug-likeness (QED) is 0.725. The Morgan fingerprint density at radius 1 is 1.36 bits per heavy atom. The van der Waals surface area contributed by atoms with Gasteiger partial charge in [0.25, 0.3) is 0 Å². The topological polar surface area (TPSA) is 26.3 Å². The molecule has 76 valence electrons. The number of halogens is 1. The Balaban J connectivity index is 3.49. The normalized spacial score (nSPS) is 10.4. The zero-order chi connectivity index (χ0) is 10.7. The Bertz CT molecular complexity index is 386. The van der Waals surface area contributed by atoms with Crippen molar-refractivity contribution in [2.24, 2.45) is 0 Å². The predicted octanol–water partition coefficient (Wildman–Crippen LogP) is 2.32. The van der Waals surface area contributed by atoms with Gasteiger partial charge < -0.3 is 4.74 Å². The summed E-state index contributed by atoms with van der Waals surface area (Å²) in [5, 5.41) is 0. The highest BCUT2D eigenvalue weighted by atomic mass is 19.1. The fourth-order valence-electron chi connectivity index (χ4n) is 1.23. The molecule has 3 heteroatoms. The lowest BCUT2D eigenvalue weighted by Gasteiger charge is -2.01. The largest absolute Gasteiger partial charge is 0.493 e. The Morgan fingerprint density at radius 2 is 2.00 bits per heavy atom. The molecular formula is C11H13FO2. The fraction of sp³-hybridized carbons (Fsp3) is 0.364. The van der Waals surface area contributed by atoms with Gasteiger partial charge in [-0.05, 0) is 12.0 Å². The maximum Gasteiger partial charge on any atom is 0.223 e. The summed E-state index contributed by atoms with van der Waals surface area (Å²) < 4.78 is 17.8. The summed E-state index contributed by atoms with van der Waals surface area (Å²) >= 11 is 0. The van der Waals surface area contributed by atoms with Crippen molar-refractivity contribution in [3.8, 4) is 5.75 Å². The zero-order valence-electron chi connectivity index (χ0n) is 8.50. The van der Waals surface area contributed by atoms with Crippen molar-refractivity contribution in [3.63, 3.8) is 0 Å². The van der Waals surface area contributed by atoms with Gasteiger partial charge in [-0.25, -0.2) is 4.39 Å². The maximum atomic E-state index is 13.0. The summed E-state index contributed by atoms with van der Waals surface area (Å²) in [6.45, 7) is 3.77. The van der Waals surface area contributed by atoms with Gasteiger partial charge in [0.05, 0.1) is 7.11 Å². The highest BCUT2D eigenvalue weighted by Gasteiger charge is 2.08. The molecule has 0 spiro atoms. The predicted molar refractivity (Wildman–Crippen MR) is 53.3 cm³/mol. The van der Waals surface area contributed by atoms with Gasteiger partial charge in [0, 0.05) is 11.6 Å². The van der Waals surface area contributed by atoms with E-state index >= 15 is 0 Å². The fourth-order valence-corrected chi connectivity index (χ4v) is 1.23. The van der Waals surface area contributed by atoms with Crippen molar-refractivity contribution in [3.05, 3.63) is 39.8 Å². The lowest BCUT2D eigenvalue weighted by atomic mass is 10.1. The van der Waals surface area contributed by atoms with Crippen molar-refractivity contribution in [1.29, 1.82) is 0 Å². The van der Waals surface area contributed by atoms with Crippen LogP contribution in [0.4, 0.5) is 4.39 Å². The molecule has 0 unspecified atom stereocenters. The minimum atomic E-state index is -0.467. The summed E-state index contributed by atoms with van der Waals surface area (Å²) in [5.41, 5.74) is 0.317. The van der Waals surface area contributed by atoms with E-state index in [2.05, 4.69) is 0 Å². The molecule has 0 amide bonds. The van der Waals surface area contributed by atoms with E-state index in [1.807, 2.05) is 13.8 Å². The Kier molecular flexibility index (Phi) is 3.23. The molecule has 0 aliphatic heterocycles. The van der Waals surface area contributed by atoms with E-state index in [0.29, 0.717) is 5.56 Å². The summed E-state index contributed by atoms with van der Waals surface area (Å²) in [6, 6.07) is 3.89. The van der Waals surface area contributed by atoms with E-state index in [0.717, 1.165) is 6.07 Å². The van der Waals surface area contributed by atoms with E-state index in [4.69, 9.17) is 4.74 Å². The van der Waals surface area contributed by atoms with Crippen LogP contribution in [-0.2, 0) is 0 Å². The van der Waals surface area contributed by atoms with Gasteiger partial charge in [-0.3, -0.25) is 4.79 Å². The number of hydrogen-bond donors (Lipinski definition) is 0. The van der Waals surface area contributed by atoms with Crippen LogP contribution in [0.3, 0.4) is 0 Å². The van der Waals surface area contributed by atoms with Gasteiger partial charge in [-0.1, -0.05) is 19.9 Å². The third-order valence-electron chi connectivity index (χ3n) is 2.02. The molecule has 1 aromatic rings. The van der Waals surface area contributed by atoms with Crippen LogP contribution in [0.5, 0.6) is 5.75 Å². The average Bonchev–Trinajstić information content (AvgIpc) is 2.26. The SMILES string of the molecule is COc1cc(F)ccc(C(C)C)c1=O. The van der Waals surface area contributed by atoms with Crippen LogP contribution in [0.15, 0.2) is 23.0 Å². The van der Waals surface area contributed by atoms with E-state index in [1.54, 1.807) is 0 Å². The number of rotatable bonds is 2. The van der Waals surface area contributed by atoms with Crippen molar-refractivity contribution < 1.29 is 9.13 Å². The van der Waals surface area contributed by atoms with Crippen LogP contribution >= 0.6 is 0 Å². The second-order valence-electron chi connectivity index (χ2n) is 3.37. The van der Waals surface area contributed by atoms with Crippen molar-refractivity contribution in [2.75, 3.05) is 7.11 Å². The molecule has 0 fully saturated rings. The number of methoxy groups -OCH3 is 1. The molecule has 0 aliphatic carbocycles. The van der Waals surface area contributed by atoms with E-state index < -0.39 is 5.82 Å². The first-order valence-electron chi connectivity index (χ1n) is 4.44. The number of ether oxygens (including phenoxy) is 1. The summed E-state index contributed by atoms with van der Waals surface area (Å²) in [6.07, 6.45) is 0. The maximum absolute atomic E-state index is 13.0. The molecule has 0 saturated heterocycles. The van der Waals surface area contributed by atoms with Crippen LogP contribution in [0.25, 0.3) is 0 Å². The standard InChI is InChI=1S/C11H13FO2/c1-7(2)9-5-4-8(12)6-10(14-3)11(9)13/h4-7H,1-3H3. The highest BCUT2D eigenvalue weighted by molar-refractivity contribution is 5.29. The second kappa shape index (κ2) is 4.22. The minimum Gasteiger partial charge on any atom is -0.493 e. The molecule has 2 nitrogen and oxygen atoms in total. The van der Waals surface area contributed by atoms with Gasteiger partial charge in [-0.15, -0.1) is 0 Å². The van der Waals surface area contributed by atoms with Gasteiger partial charge in [0.2, 0.25) is 5.43 Å². The minimum absolute atomic E-state index is 0.0520. The molecule has 0 radical (unpaired) electrons. The third-order valence-corrected chi connectivity index (χ3v) is 2.02. The first-order chi connectivity index (χ1) is 6.56. The first-order valence-corrected chi connectivity index (χ1v) is 4.44. The summed E-state index contributed by atoms with van der Waals surface area (Å²) in [7, 11) is 1.36. The van der Waals surface area contributed by atoms with Crippen LogP contribution < -0.4 is 10.2 Å². The Labute approximate surface area is 82.3 Å². The van der Waals surface area contributed by atoms with Crippen LogP contribution in [0, 0.1) is 5.82 Å². The first kappa shape index (κ1) is 10.7. The molecular weight excluding hydrogens is 183 g/mol. The molecule has 0 aromatic heterocycles. The van der Waals surface area contributed by atoms with Crippen LogP contribution in [-0.4, -0.2) is 7.11 Å². The van der Waals surface area contributed by atoms with E-state index in [1.165, 1.54) is 19.2 Å². The lowest BCUT2D eigenvalue weighted by molar-refractivity contribution is 0.408. The summed E-state index contributed by atoms with van der Waals surface area (Å²) in [4.78, 5) is 11.7. The molecule has 0 aliphatic rings. The van der Waals surface area contributed by atoms with Crippen LogP contribution in [0.2, 0.25) is 0 Å². The monoisotopic (exact) mass is 196 g/mol. The molecule has 1 rings (SSSR count).